The summed E-state index contributed by atoms with van der Waals surface area (Å²) in [7, 11) is 1.37. The summed E-state index contributed by atoms with van der Waals surface area (Å²) in [4.78, 5) is 31.6. The highest BCUT2D eigenvalue weighted by atomic mass is 19.1. The van der Waals surface area contributed by atoms with Gasteiger partial charge in [-0.05, 0) is 39.0 Å². The third-order valence-electron chi connectivity index (χ3n) is 5.35. The molecule has 166 valence electrons. The molecular formula is C22H28FN5O3. The molecule has 0 unspecified atom stereocenters. The standard InChI is InChI=1S/C22H28FN5O3/c1-16-8-9-18(12-24-16)25-28(15-29)19-7-5-6-17(20(19)23)13-26-10-11-27(21(30)31-4)22(2,3)14-26/h5-9,12,15,25H,10-11,13-14H2,1-4H3. The van der Waals surface area contributed by atoms with Crippen LogP contribution in [0.25, 0.3) is 0 Å². The van der Waals surface area contributed by atoms with Gasteiger partial charge in [0.25, 0.3) is 0 Å². The van der Waals surface area contributed by atoms with Crippen LogP contribution in [0.4, 0.5) is 20.6 Å². The van der Waals surface area contributed by atoms with Crippen LogP contribution < -0.4 is 10.4 Å². The quantitative estimate of drug-likeness (QED) is 0.561. The monoisotopic (exact) mass is 429 g/mol. The number of amides is 2. The number of methoxy groups -OCH3 is 1. The number of nitrogens with zero attached hydrogens (tertiary/aromatic N) is 4. The van der Waals surface area contributed by atoms with Crippen molar-refractivity contribution in [2.45, 2.75) is 32.9 Å². The van der Waals surface area contributed by atoms with Gasteiger partial charge in [0.2, 0.25) is 6.41 Å². The van der Waals surface area contributed by atoms with Crippen LogP contribution in [0.5, 0.6) is 0 Å². The first-order valence-corrected chi connectivity index (χ1v) is 10.0. The molecule has 1 fully saturated rings. The number of benzene rings is 1. The number of aromatic nitrogens is 1. The zero-order valence-electron chi connectivity index (χ0n) is 18.3. The minimum atomic E-state index is -0.477. The molecule has 0 aliphatic carbocycles. The normalized spacial score (nSPS) is 16.0. The van der Waals surface area contributed by atoms with Gasteiger partial charge in [-0.3, -0.25) is 20.1 Å². The number of piperazine rings is 1. The molecule has 31 heavy (non-hydrogen) atoms. The molecule has 0 atom stereocenters. The van der Waals surface area contributed by atoms with Gasteiger partial charge >= 0.3 is 6.09 Å². The Bertz CT molecular complexity index is 935. The number of hydrogen-bond donors (Lipinski definition) is 1. The van der Waals surface area contributed by atoms with E-state index in [-0.39, 0.29) is 11.8 Å². The lowest BCUT2D eigenvalue weighted by atomic mass is 9.99. The Morgan fingerprint density at radius 1 is 1.32 bits per heavy atom. The molecule has 8 nitrogen and oxygen atoms in total. The second-order valence-electron chi connectivity index (χ2n) is 8.17. The zero-order chi connectivity index (χ0) is 22.6. The van der Waals surface area contributed by atoms with Crippen LogP contribution in [0.2, 0.25) is 0 Å². The number of carbonyl (C=O) groups excluding carboxylic acids is 2. The first kappa shape index (κ1) is 22.5. The number of aryl methyl sites for hydroxylation is 1. The van der Waals surface area contributed by atoms with Gasteiger partial charge in [-0.15, -0.1) is 0 Å². The van der Waals surface area contributed by atoms with Crippen LogP contribution in [0.1, 0.15) is 25.1 Å². The molecule has 1 aliphatic rings. The van der Waals surface area contributed by atoms with Crippen molar-refractivity contribution in [2.24, 2.45) is 0 Å². The van der Waals surface area contributed by atoms with Crippen molar-refractivity contribution in [3.8, 4) is 0 Å². The maximum Gasteiger partial charge on any atom is 0.410 e. The van der Waals surface area contributed by atoms with Gasteiger partial charge in [0.05, 0.1) is 24.5 Å². The number of halogens is 1. The van der Waals surface area contributed by atoms with Crippen LogP contribution in [-0.4, -0.2) is 59.6 Å². The van der Waals surface area contributed by atoms with Gasteiger partial charge < -0.3 is 9.64 Å². The fourth-order valence-corrected chi connectivity index (χ4v) is 3.77. The number of rotatable bonds is 6. The summed E-state index contributed by atoms with van der Waals surface area (Å²) in [6.07, 6.45) is 1.74. The molecule has 2 aromatic rings. The second-order valence-corrected chi connectivity index (χ2v) is 8.17. The Hall–Kier alpha value is -3.20. The lowest BCUT2D eigenvalue weighted by molar-refractivity contribution is -0.107. The summed E-state index contributed by atoms with van der Waals surface area (Å²) in [5.74, 6) is -0.477. The SMILES string of the molecule is COC(=O)N1CCN(Cc2cccc(N(C=O)Nc3ccc(C)nc3)c2F)CC1(C)C. The molecule has 1 aromatic carbocycles. The summed E-state index contributed by atoms with van der Waals surface area (Å²) in [6, 6.07) is 8.53. The van der Waals surface area contributed by atoms with Gasteiger partial charge in [0.1, 0.15) is 5.69 Å². The topological polar surface area (TPSA) is 78.0 Å². The lowest BCUT2D eigenvalue weighted by Gasteiger charge is -2.46. The predicted molar refractivity (Wildman–Crippen MR) is 116 cm³/mol. The second kappa shape index (κ2) is 9.30. The smallest absolute Gasteiger partial charge is 0.410 e. The summed E-state index contributed by atoms with van der Waals surface area (Å²) < 4.78 is 20.2. The number of anilines is 2. The van der Waals surface area contributed by atoms with Crippen molar-refractivity contribution in [2.75, 3.05) is 37.2 Å². The van der Waals surface area contributed by atoms with Gasteiger partial charge in [-0.2, -0.15) is 0 Å². The molecule has 0 saturated carbocycles. The predicted octanol–water partition coefficient (Wildman–Crippen LogP) is 3.18. The van der Waals surface area contributed by atoms with E-state index in [0.717, 1.165) is 10.7 Å². The minimum absolute atomic E-state index is 0.125. The Balaban J connectivity index is 1.75. The van der Waals surface area contributed by atoms with E-state index in [9.17, 15) is 9.59 Å². The van der Waals surface area contributed by atoms with Crippen molar-refractivity contribution < 1.29 is 18.7 Å². The molecular weight excluding hydrogens is 401 g/mol. The highest BCUT2D eigenvalue weighted by Crippen LogP contribution is 2.27. The lowest BCUT2D eigenvalue weighted by Crippen LogP contribution is -2.60. The van der Waals surface area contributed by atoms with Crippen LogP contribution in [0.15, 0.2) is 36.5 Å². The molecule has 1 aliphatic heterocycles. The number of pyridine rings is 1. The number of ether oxygens (including phenoxy) is 1. The minimum Gasteiger partial charge on any atom is -0.453 e. The zero-order valence-corrected chi connectivity index (χ0v) is 18.3. The molecule has 2 heterocycles. The summed E-state index contributed by atoms with van der Waals surface area (Å²) in [6.45, 7) is 7.77. The fourth-order valence-electron chi connectivity index (χ4n) is 3.77. The molecule has 3 rings (SSSR count). The maximum atomic E-state index is 15.3. The first-order valence-electron chi connectivity index (χ1n) is 10.0. The van der Waals surface area contributed by atoms with Crippen LogP contribution in [0, 0.1) is 12.7 Å². The fraction of sp³-hybridized carbons (Fsp3) is 0.409. The van der Waals surface area contributed by atoms with E-state index in [1.807, 2.05) is 20.8 Å². The summed E-state index contributed by atoms with van der Waals surface area (Å²) in [5.41, 5.74) is 4.43. The van der Waals surface area contributed by atoms with Crippen molar-refractivity contribution in [3.63, 3.8) is 0 Å². The van der Waals surface area contributed by atoms with E-state index in [0.29, 0.717) is 43.8 Å². The van der Waals surface area contributed by atoms with Crippen LogP contribution in [0.3, 0.4) is 0 Å². The Morgan fingerprint density at radius 3 is 2.71 bits per heavy atom. The van der Waals surface area contributed by atoms with E-state index in [4.69, 9.17) is 4.74 Å². The molecule has 0 bridgehead atoms. The van der Waals surface area contributed by atoms with E-state index in [2.05, 4.69) is 15.3 Å². The molecule has 9 heteroatoms. The molecule has 1 N–H and O–H groups in total. The van der Waals surface area contributed by atoms with Crippen molar-refractivity contribution in [1.29, 1.82) is 0 Å². The van der Waals surface area contributed by atoms with Gasteiger partial charge in [0.15, 0.2) is 5.82 Å². The van der Waals surface area contributed by atoms with Crippen LogP contribution >= 0.6 is 0 Å². The number of hydrazine groups is 1. The largest absolute Gasteiger partial charge is 0.453 e. The van der Waals surface area contributed by atoms with E-state index in [1.165, 1.54) is 7.11 Å². The van der Waals surface area contributed by atoms with E-state index < -0.39 is 11.4 Å². The van der Waals surface area contributed by atoms with Crippen molar-refractivity contribution in [3.05, 3.63) is 53.6 Å². The van der Waals surface area contributed by atoms with E-state index >= 15 is 4.39 Å². The third-order valence-corrected chi connectivity index (χ3v) is 5.35. The van der Waals surface area contributed by atoms with Crippen molar-refractivity contribution in [1.82, 2.24) is 14.8 Å². The Labute approximate surface area is 181 Å². The average molecular weight is 429 g/mol. The molecule has 1 saturated heterocycles. The van der Waals surface area contributed by atoms with E-state index in [1.54, 1.807) is 41.4 Å². The third kappa shape index (κ3) is 5.11. The summed E-state index contributed by atoms with van der Waals surface area (Å²) in [5, 5.41) is 1.10. The number of hydrogen-bond acceptors (Lipinski definition) is 6. The Morgan fingerprint density at radius 2 is 2.10 bits per heavy atom. The number of nitrogens with one attached hydrogen (secondary N) is 1. The molecule has 2 amide bonds. The molecule has 1 aromatic heterocycles. The number of carbonyl (C=O) groups is 2. The molecule has 0 spiro atoms. The van der Waals surface area contributed by atoms with Crippen molar-refractivity contribution >= 4 is 23.9 Å². The van der Waals surface area contributed by atoms with Gasteiger partial charge in [-0.1, -0.05) is 12.1 Å². The first-order chi connectivity index (χ1) is 14.7. The highest BCUT2D eigenvalue weighted by Gasteiger charge is 2.37. The maximum absolute atomic E-state index is 15.3. The average Bonchev–Trinajstić information content (AvgIpc) is 2.74. The summed E-state index contributed by atoms with van der Waals surface area (Å²) >= 11 is 0. The van der Waals surface area contributed by atoms with Gasteiger partial charge in [-0.25, -0.2) is 14.2 Å². The molecule has 0 radical (unpaired) electrons. The highest BCUT2D eigenvalue weighted by molar-refractivity contribution is 5.79. The Kier molecular flexibility index (Phi) is 6.74. The van der Waals surface area contributed by atoms with Gasteiger partial charge in [0, 0.05) is 37.4 Å². The van der Waals surface area contributed by atoms with Crippen LogP contribution in [-0.2, 0) is 16.1 Å².